The van der Waals surface area contributed by atoms with E-state index < -0.39 is 0 Å². The van der Waals surface area contributed by atoms with Gasteiger partial charge < -0.3 is 20.9 Å². The number of nitrogens with zero attached hydrogens (tertiary/aromatic N) is 2. The van der Waals surface area contributed by atoms with Crippen molar-refractivity contribution in [2.45, 2.75) is 12.8 Å². The van der Waals surface area contributed by atoms with Crippen molar-refractivity contribution < 1.29 is 4.79 Å². The van der Waals surface area contributed by atoms with Gasteiger partial charge in [-0.2, -0.15) is 0 Å². The van der Waals surface area contributed by atoms with Gasteiger partial charge in [-0.3, -0.25) is 4.79 Å². The molecule has 2 aromatic rings. The second-order valence-corrected chi connectivity index (χ2v) is 5.07. The minimum Gasteiger partial charge on any atom is -0.399 e. The van der Waals surface area contributed by atoms with Gasteiger partial charge in [-0.1, -0.05) is 0 Å². The van der Waals surface area contributed by atoms with Crippen LogP contribution in [-0.2, 0) is 6.42 Å². The lowest BCUT2D eigenvalue weighted by atomic mass is 10.1. The molecule has 0 saturated heterocycles. The quantitative estimate of drug-likeness (QED) is 0.558. The number of amides is 1. The molecule has 0 radical (unpaired) electrons. The topological polar surface area (TPSA) is 87.0 Å². The van der Waals surface area contributed by atoms with Crippen molar-refractivity contribution in [3.05, 3.63) is 42.0 Å². The first-order valence-electron chi connectivity index (χ1n) is 6.91. The van der Waals surface area contributed by atoms with Gasteiger partial charge >= 0.3 is 0 Å². The van der Waals surface area contributed by atoms with Crippen molar-refractivity contribution in [2.24, 2.45) is 0 Å². The number of nitrogen functional groups attached to an aromatic ring is 1. The van der Waals surface area contributed by atoms with Gasteiger partial charge in [0.15, 0.2) is 0 Å². The number of nitrogens with one attached hydrogen (secondary N) is 2. The van der Waals surface area contributed by atoms with Gasteiger partial charge in [0.25, 0.3) is 5.91 Å². The maximum atomic E-state index is 12.1. The van der Waals surface area contributed by atoms with Crippen molar-refractivity contribution in [3.63, 3.8) is 0 Å². The van der Waals surface area contributed by atoms with Crippen LogP contribution in [0.15, 0.2) is 30.6 Å². The number of imidazole rings is 1. The fourth-order valence-corrected chi connectivity index (χ4v) is 2.05. The van der Waals surface area contributed by atoms with Crippen LogP contribution in [0.2, 0.25) is 0 Å². The molecule has 6 nitrogen and oxygen atoms in total. The van der Waals surface area contributed by atoms with Crippen LogP contribution in [0.5, 0.6) is 0 Å². The molecule has 1 heterocycles. The lowest BCUT2D eigenvalue weighted by Gasteiger charge is -2.16. The van der Waals surface area contributed by atoms with Crippen molar-refractivity contribution in [1.29, 1.82) is 0 Å². The molecule has 0 saturated carbocycles. The summed E-state index contributed by atoms with van der Waals surface area (Å²) in [7, 11) is 3.47. The van der Waals surface area contributed by atoms with Crippen LogP contribution in [0, 0.1) is 0 Å². The molecule has 1 amide bonds. The Kier molecular flexibility index (Phi) is 4.81. The highest BCUT2D eigenvalue weighted by atomic mass is 16.2. The highest BCUT2D eigenvalue weighted by molar-refractivity contribution is 5.99. The van der Waals surface area contributed by atoms with Gasteiger partial charge in [-0.05, 0) is 24.6 Å². The maximum Gasteiger partial charge on any atom is 0.255 e. The summed E-state index contributed by atoms with van der Waals surface area (Å²) in [5.41, 5.74) is 7.85. The Morgan fingerprint density at radius 2 is 2.24 bits per heavy atom. The van der Waals surface area contributed by atoms with Crippen LogP contribution in [0.3, 0.4) is 0 Å². The van der Waals surface area contributed by atoms with E-state index in [1.165, 1.54) is 0 Å². The summed E-state index contributed by atoms with van der Waals surface area (Å²) in [5, 5.41) is 3.28. The van der Waals surface area contributed by atoms with Crippen molar-refractivity contribution in [2.75, 3.05) is 31.7 Å². The number of carbonyl (C=O) groups excluding carboxylic acids is 1. The number of rotatable bonds is 6. The first-order valence-corrected chi connectivity index (χ1v) is 6.91. The number of nitrogens with two attached hydrogens (primary N) is 1. The molecule has 0 atom stereocenters. The molecule has 21 heavy (non-hydrogen) atoms. The average Bonchev–Trinajstić information content (AvgIpc) is 2.96. The highest BCUT2D eigenvalue weighted by Crippen LogP contribution is 2.20. The summed E-state index contributed by atoms with van der Waals surface area (Å²) >= 11 is 0. The Hall–Kier alpha value is -2.50. The summed E-state index contributed by atoms with van der Waals surface area (Å²) in [6, 6.07) is 5.29. The molecule has 0 aliphatic heterocycles. The largest absolute Gasteiger partial charge is 0.399 e. The van der Waals surface area contributed by atoms with E-state index in [2.05, 4.69) is 15.3 Å². The molecular formula is C15H21N5O. The molecule has 112 valence electrons. The van der Waals surface area contributed by atoms with Gasteiger partial charge in [-0.15, -0.1) is 0 Å². The van der Waals surface area contributed by atoms with Crippen LogP contribution >= 0.6 is 0 Å². The van der Waals surface area contributed by atoms with Crippen LogP contribution in [0.4, 0.5) is 11.4 Å². The van der Waals surface area contributed by atoms with Crippen LogP contribution in [0.25, 0.3) is 0 Å². The zero-order valence-electron chi connectivity index (χ0n) is 12.4. The molecule has 0 aliphatic carbocycles. The normalized spacial score (nSPS) is 10.4. The van der Waals surface area contributed by atoms with E-state index in [0.717, 1.165) is 30.9 Å². The molecule has 0 fully saturated rings. The Morgan fingerprint density at radius 3 is 2.90 bits per heavy atom. The number of H-pyrrole nitrogens is 1. The third-order valence-electron chi connectivity index (χ3n) is 3.14. The van der Waals surface area contributed by atoms with E-state index in [1.807, 2.05) is 6.20 Å². The van der Waals surface area contributed by atoms with Crippen LogP contribution in [-0.4, -0.2) is 41.4 Å². The number of aryl methyl sites for hydroxylation is 1. The first-order chi connectivity index (χ1) is 10.1. The second kappa shape index (κ2) is 6.78. The van der Waals surface area contributed by atoms with E-state index in [9.17, 15) is 4.79 Å². The summed E-state index contributed by atoms with van der Waals surface area (Å²) in [5.74, 6) is 0.928. The summed E-state index contributed by atoms with van der Waals surface area (Å²) < 4.78 is 0. The zero-order valence-corrected chi connectivity index (χ0v) is 12.4. The lowest BCUT2D eigenvalue weighted by molar-refractivity contribution is 0.0828. The minimum absolute atomic E-state index is 0.0384. The molecule has 0 spiro atoms. The fourth-order valence-electron chi connectivity index (χ4n) is 2.05. The molecule has 4 N–H and O–H groups in total. The van der Waals surface area contributed by atoms with Gasteiger partial charge in [0.2, 0.25) is 0 Å². The Balaban J connectivity index is 1.98. The van der Waals surface area contributed by atoms with Crippen molar-refractivity contribution in [3.8, 4) is 0 Å². The molecule has 6 heteroatoms. The SMILES string of the molecule is CN(C)C(=O)c1ccc(N)cc1NCCCc1ncc[nH]1. The number of carbonyl (C=O) groups is 1. The van der Waals surface area contributed by atoms with E-state index in [1.54, 1.807) is 43.4 Å². The van der Waals surface area contributed by atoms with Gasteiger partial charge in [-0.25, -0.2) is 4.98 Å². The molecule has 0 aliphatic rings. The molecule has 0 bridgehead atoms. The number of aromatic nitrogens is 2. The Morgan fingerprint density at radius 1 is 1.43 bits per heavy atom. The van der Waals surface area contributed by atoms with Crippen molar-refractivity contribution >= 4 is 17.3 Å². The van der Waals surface area contributed by atoms with E-state index in [-0.39, 0.29) is 5.91 Å². The summed E-state index contributed by atoms with van der Waals surface area (Å²) in [4.78, 5) is 20.9. The third-order valence-corrected chi connectivity index (χ3v) is 3.14. The Bertz CT molecular complexity index is 592. The highest BCUT2D eigenvalue weighted by Gasteiger charge is 2.13. The molecule has 2 rings (SSSR count). The minimum atomic E-state index is -0.0384. The molecule has 1 aromatic carbocycles. The number of hydrogen-bond donors (Lipinski definition) is 3. The molecule has 0 unspecified atom stereocenters. The van der Waals surface area contributed by atoms with Gasteiger partial charge in [0.1, 0.15) is 5.82 Å². The van der Waals surface area contributed by atoms with Crippen LogP contribution in [0.1, 0.15) is 22.6 Å². The van der Waals surface area contributed by atoms with Gasteiger partial charge in [0, 0.05) is 50.8 Å². The predicted molar refractivity (Wildman–Crippen MR) is 84.3 cm³/mol. The van der Waals surface area contributed by atoms with E-state index in [4.69, 9.17) is 5.73 Å². The maximum absolute atomic E-state index is 12.1. The smallest absolute Gasteiger partial charge is 0.255 e. The fraction of sp³-hybridized carbons (Fsp3) is 0.333. The average molecular weight is 287 g/mol. The molecule has 1 aromatic heterocycles. The number of benzene rings is 1. The number of hydrogen-bond acceptors (Lipinski definition) is 4. The summed E-state index contributed by atoms with van der Waals surface area (Å²) in [6.07, 6.45) is 5.33. The zero-order chi connectivity index (χ0) is 15.2. The lowest BCUT2D eigenvalue weighted by Crippen LogP contribution is -2.23. The second-order valence-electron chi connectivity index (χ2n) is 5.07. The standard InChI is InChI=1S/C15H21N5O/c1-20(2)15(21)12-6-5-11(16)10-13(12)17-7-3-4-14-18-8-9-19-14/h5-6,8-10,17H,3-4,7,16H2,1-2H3,(H,18,19). The number of anilines is 2. The molecular weight excluding hydrogens is 266 g/mol. The number of aromatic amines is 1. The van der Waals surface area contributed by atoms with Crippen LogP contribution < -0.4 is 11.1 Å². The van der Waals surface area contributed by atoms with E-state index >= 15 is 0 Å². The monoisotopic (exact) mass is 287 g/mol. The third kappa shape index (κ3) is 3.98. The van der Waals surface area contributed by atoms with Crippen molar-refractivity contribution in [1.82, 2.24) is 14.9 Å². The summed E-state index contributed by atoms with van der Waals surface area (Å²) in [6.45, 7) is 0.748. The first kappa shape index (κ1) is 14.9. The van der Waals surface area contributed by atoms with E-state index in [0.29, 0.717) is 11.3 Å². The predicted octanol–water partition coefficient (Wildman–Crippen LogP) is 1.74. The van der Waals surface area contributed by atoms with Gasteiger partial charge in [0.05, 0.1) is 5.56 Å². The Labute approximate surface area is 124 Å².